The van der Waals surface area contributed by atoms with Crippen LogP contribution in [-0.4, -0.2) is 21.2 Å². The van der Waals surface area contributed by atoms with Crippen molar-refractivity contribution < 1.29 is 15.0 Å². The average Bonchev–Trinajstić information content (AvgIpc) is 2.24. The summed E-state index contributed by atoms with van der Waals surface area (Å²) in [4.78, 5) is 15.1. The van der Waals surface area contributed by atoms with Crippen molar-refractivity contribution in [3.63, 3.8) is 0 Å². The molecule has 0 aliphatic rings. The Labute approximate surface area is 116 Å². The van der Waals surface area contributed by atoms with Gasteiger partial charge in [-0.15, -0.1) is 0 Å². The van der Waals surface area contributed by atoms with E-state index in [4.69, 9.17) is 5.11 Å². The summed E-state index contributed by atoms with van der Waals surface area (Å²) < 4.78 is 1.37. The quantitative estimate of drug-likeness (QED) is 0.839. The van der Waals surface area contributed by atoms with Gasteiger partial charge in [0.15, 0.2) is 0 Å². The molecular weight excluding hydrogens is 354 g/mol. The van der Waals surface area contributed by atoms with Gasteiger partial charge in [-0.25, -0.2) is 0 Å². The van der Waals surface area contributed by atoms with E-state index in [9.17, 15) is 9.90 Å². The van der Waals surface area contributed by atoms with Crippen molar-refractivity contribution in [1.82, 2.24) is 4.98 Å². The van der Waals surface area contributed by atoms with Crippen molar-refractivity contribution in [3.05, 3.63) is 26.9 Å². The van der Waals surface area contributed by atoms with Gasteiger partial charge in [-0.1, -0.05) is 13.3 Å². The summed E-state index contributed by atoms with van der Waals surface area (Å²) in [7, 11) is 0. The van der Waals surface area contributed by atoms with Gasteiger partial charge in [0.25, 0.3) is 0 Å². The van der Waals surface area contributed by atoms with E-state index < -0.39 is 18.0 Å². The maximum atomic E-state index is 11.1. The Morgan fingerprint density at radius 1 is 1.53 bits per heavy atom. The van der Waals surface area contributed by atoms with Crippen LogP contribution < -0.4 is 0 Å². The molecule has 0 bridgehead atoms. The number of aliphatic hydroxyl groups is 1. The molecule has 2 atom stereocenters. The van der Waals surface area contributed by atoms with E-state index in [2.05, 4.69) is 36.8 Å². The zero-order chi connectivity index (χ0) is 13.0. The smallest absolute Gasteiger partial charge is 0.309 e. The third-order valence-electron chi connectivity index (χ3n) is 2.41. The molecule has 1 aromatic heterocycles. The summed E-state index contributed by atoms with van der Waals surface area (Å²) >= 11 is 6.52. The zero-order valence-electron chi connectivity index (χ0n) is 9.23. The molecule has 0 amide bonds. The van der Waals surface area contributed by atoms with E-state index in [1.165, 1.54) is 6.20 Å². The van der Waals surface area contributed by atoms with E-state index in [-0.39, 0.29) is 0 Å². The SMILES string of the molecule is CCCC(C(=O)O)C(O)c1ncc(Br)cc1Br. The van der Waals surface area contributed by atoms with E-state index >= 15 is 0 Å². The highest BCUT2D eigenvalue weighted by atomic mass is 79.9. The number of pyridine rings is 1. The summed E-state index contributed by atoms with van der Waals surface area (Å²) in [5.74, 6) is -1.83. The molecule has 0 spiro atoms. The van der Waals surface area contributed by atoms with Crippen LogP contribution in [0.4, 0.5) is 0 Å². The lowest BCUT2D eigenvalue weighted by molar-refractivity contribution is -0.146. The molecule has 6 heteroatoms. The lowest BCUT2D eigenvalue weighted by Gasteiger charge is -2.19. The van der Waals surface area contributed by atoms with Crippen molar-refractivity contribution in [2.45, 2.75) is 25.9 Å². The Kier molecular flexibility index (Phi) is 5.55. The van der Waals surface area contributed by atoms with Crippen LogP contribution in [0.2, 0.25) is 0 Å². The van der Waals surface area contributed by atoms with Gasteiger partial charge in [0.1, 0.15) is 6.10 Å². The van der Waals surface area contributed by atoms with Crippen LogP contribution >= 0.6 is 31.9 Å². The fourth-order valence-electron chi connectivity index (χ4n) is 1.56. The van der Waals surface area contributed by atoms with Crippen LogP contribution in [0.25, 0.3) is 0 Å². The largest absolute Gasteiger partial charge is 0.481 e. The first-order valence-electron chi connectivity index (χ1n) is 5.19. The third kappa shape index (κ3) is 3.76. The Balaban J connectivity index is 3.00. The second kappa shape index (κ2) is 6.47. The van der Waals surface area contributed by atoms with Gasteiger partial charge in [0.05, 0.1) is 11.6 Å². The van der Waals surface area contributed by atoms with Crippen molar-refractivity contribution in [2.24, 2.45) is 5.92 Å². The highest BCUT2D eigenvalue weighted by Gasteiger charge is 2.29. The summed E-state index contributed by atoms with van der Waals surface area (Å²) in [5.41, 5.74) is 0.356. The van der Waals surface area contributed by atoms with E-state index in [1.54, 1.807) is 6.07 Å². The predicted molar refractivity (Wildman–Crippen MR) is 70.6 cm³/mol. The molecule has 0 aliphatic carbocycles. The van der Waals surface area contributed by atoms with Crippen LogP contribution in [0.3, 0.4) is 0 Å². The number of carbonyl (C=O) groups is 1. The molecule has 0 saturated carbocycles. The van der Waals surface area contributed by atoms with Gasteiger partial charge >= 0.3 is 5.97 Å². The molecule has 17 heavy (non-hydrogen) atoms. The van der Waals surface area contributed by atoms with Crippen LogP contribution in [0.1, 0.15) is 31.6 Å². The summed E-state index contributed by atoms with van der Waals surface area (Å²) in [6, 6.07) is 1.73. The molecule has 0 radical (unpaired) electrons. The molecule has 0 aliphatic heterocycles. The van der Waals surface area contributed by atoms with E-state index in [1.807, 2.05) is 6.92 Å². The van der Waals surface area contributed by atoms with Crippen molar-refractivity contribution in [3.8, 4) is 0 Å². The Hall–Kier alpha value is -0.460. The number of carboxylic acids is 1. The predicted octanol–water partition coefficient (Wildman–Crippen LogP) is 3.14. The van der Waals surface area contributed by atoms with Gasteiger partial charge in [-0.2, -0.15) is 0 Å². The molecule has 0 aromatic carbocycles. The number of rotatable bonds is 5. The van der Waals surface area contributed by atoms with Crippen LogP contribution in [0, 0.1) is 5.92 Å². The average molecular weight is 367 g/mol. The second-order valence-electron chi connectivity index (χ2n) is 3.70. The minimum atomic E-state index is -1.10. The molecule has 2 unspecified atom stereocenters. The van der Waals surface area contributed by atoms with Gasteiger partial charge in [0.2, 0.25) is 0 Å². The van der Waals surface area contributed by atoms with Crippen LogP contribution in [0.15, 0.2) is 21.2 Å². The Morgan fingerprint density at radius 3 is 2.65 bits per heavy atom. The van der Waals surface area contributed by atoms with E-state index in [0.29, 0.717) is 23.0 Å². The lowest BCUT2D eigenvalue weighted by Crippen LogP contribution is -2.23. The maximum absolute atomic E-state index is 11.1. The first-order valence-corrected chi connectivity index (χ1v) is 6.77. The Bertz CT molecular complexity index is 412. The lowest BCUT2D eigenvalue weighted by atomic mass is 9.95. The van der Waals surface area contributed by atoms with Crippen LogP contribution in [0.5, 0.6) is 0 Å². The molecular formula is C11H13Br2NO3. The maximum Gasteiger partial charge on any atom is 0.309 e. The number of carboxylic acid groups (broad SMARTS) is 1. The van der Waals surface area contributed by atoms with E-state index in [0.717, 1.165) is 4.47 Å². The van der Waals surface area contributed by atoms with Gasteiger partial charge < -0.3 is 10.2 Å². The summed E-state index contributed by atoms with van der Waals surface area (Å²) in [6.45, 7) is 1.88. The molecule has 1 heterocycles. The van der Waals surface area contributed by atoms with Crippen LogP contribution in [-0.2, 0) is 4.79 Å². The number of aliphatic hydroxyl groups excluding tert-OH is 1. The fraction of sp³-hybridized carbons (Fsp3) is 0.455. The number of aromatic nitrogens is 1. The number of hydrogen-bond donors (Lipinski definition) is 2. The van der Waals surface area contributed by atoms with Crippen molar-refractivity contribution >= 4 is 37.8 Å². The Morgan fingerprint density at radius 2 is 2.18 bits per heavy atom. The standard InChI is InChI=1S/C11H13Br2NO3/c1-2-3-7(11(16)17)10(15)9-8(13)4-6(12)5-14-9/h4-5,7,10,15H,2-3H2,1H3,(H,16,17). The number of aliphatic carboxylic acids is 1. The highest BCUT2D eigenvalue weighted by molar-refractivity contribution is 9.11. The summed E-state index contributed by atoms with van der Waals surface area (Å²) in [5, 5.41) is 19.1. The molecule has 0 fully saturated rings. The number of nitrogens with zero attached hydrogens (tertiary/aromatic N) is 1. The first kappa shape index (κ1) is 14.6. The molecule has 1 rings (SSSR count). The first-order chi connectivity index (χ1) is 7.97. The normalized spacial score (nSPS) is 14.4. The monoisotopic (exact) mass is 365 g/mol. The van der Waals surface area contributed by atoms with Gasteiger partial charge in [0, 0.05) is 15.1 Å². The number of hydrogen-bond acceptors (Lipinski definition) is 3. The third-order valence-corrected chi connectivity index (χ3v) is 3.48. The van der Waals surface area contributed by atoms with Crippen molar-refractivity contribution in [2.75, 3.05) is 0 Å². The zero-order valence-corrected chi connectivity index (χ0v) is 12.4. The summed E-state index contributed by atoms with van der Waals surface area (Å²) in [6.07, 6.45) is 1.55. The van der Waals surface area contributed by atoms with Crippen molar-refractivity contribution in [1.29, 1.82) is 0 Å². The van der Waals surface area contributed by atoms with Gasteiger partial charge in [-0.3, -0.25) is 9.78 Å². The highest BCUT2D eigenvalue weighted by Crippen LogP contribution is 2.31. The number of halogens is 2. The minimum Gasteiger partial charge on any atom is -0.481 e. The second-order valence-corrected chi connectivity index (χ2v) is 5.47. The minimum absolute atomic E-state index is 0.356. The molecule has 1 aromatic rings. The molecule has 2 N–H and O–H groups in total. The molecule has 4 nitrogen and oxygen atoms in total. The fourth-order valence-corrected chi connectivity index (χ4v) is 2.78. The molecule has 0 saturated heterocycles. The molecule has 94 valence electrons. The van der Waals surface area contributed by atoms with Gasteiger partial charge in [-0.05, 0) is 44.3 Å². The topological polar surface area (TPSA) is 70.4 Å².